The van der Waals surface area contributed by atoms with Crippen LogP contribution in [0.3, 0.4) is 0 Å². The molecule has 5 rings (SSSR count). The molecule has 37 heavy (non-hydrogen) atoms. The third-order valence-corrected chi connectivity index (χ3v) is 6.92. The molecule has 4 aromatic carbocycles. The lowest BCUT2D eigenvalue weighted by Gasteiger charge is -2.26. The molecule has 0 aliphatic carbocycles. The lowest BCUT2D eigenvalue weighted by atomic mass is 10.0. The van der Waals surface area contributed by atoms with E-state index in [4.69, 9.17) is 16.3 Å². The number of hydrogen-bond acceptors (Lipinski definition) is 4. The third kappa shape index (κ3) is 5.01. The highest BCUT2D eigenvalue weighted by molar-refractivity contribution is 9.10. The maximum absolute atomic E-state index is 13.1. The standard InChI is InChI=1S/C29H20BrClN2O4/c1-17-6-8-19-4-2-3-5-22(19)24(17)16-37-26-13-7-18(15-25(26)31)14-23-27(34)32-29(36)33(28(23)35)21-11-9-20(30)10-12-21/h2-15H,16H2,1H3,(H,32,34,36)/b23-14+. The number of nitrogens with one attached hydrogen (secondary N) is 1. The fourth-order valence-corrected chi connectivity index (χ4v) is 4.67. The highest BCUT2D eigenvalue weighted by Crippen LogP contribution is 2.30. The summed E-state index contributed by atoms with van der Waals surface area (Å²) in [5, 5.41) is 4.80. The summed E-state index contributed by atoms with van der Waals surface area (Å²) in [5.74, 6) is -1.02. The zero-order chi connectivity index (χ0) is 26.1. The Labute approximate surface area is 226 Å². The number of urea groups is 1. The van der Waals surface area contributed by atoms with Crippen molar-refractivity contribution in [3.63, 3.8) is 0 Å². The fraction of sp³-hybridized carbons (Fsp3) is 0.0690. The van der Waals surface area contributed by atoms with Crippen LogP contribution in [0.2, 0.25) is 5.02 Å². The number of imide groups is 2. The van der Waals surface area contributed by atoms with E-state index in [0.29, 0.717) is 28.6 Å². The Balaban J connectivity index is 1.39. The number of aryl methyl sites for hydroxylation is 1. The summed E-state index contributed by atoms with van der Waals surface area (Å²) in [6.45, 7) is 2.37. The van der Waals surface area contributed by atoms with Gasteiger partial charge in [-0.2, -0.15) is 0 Å². The predicted octanol–water partition coefficient (Wildman–Crippen LogP) is 6.81. The number of hydrogen-bond donors (Lipinski definition) is 1. The molecule has 0 spiro atoms. The number of amides is 4. The Morgan fingerprint density at radius 2 is 1.73 bits per heavy atom. The molecule has 0 saturated carbocycles. The van der Waals surface area contributed by atoms with Crippen molar-refractivity contribution in [2.24, 2.45) is 0 Å². The van der Waals surface area contributed by atoms with E-state index >= 15 is 0 Å². The van der Waals surface area contributed by atoms with Crippen molar-refractivity contribution in [2.45, 2.75) is 13.5 Å². The van der Waals surface area contributed by atoms with Gasteiger partial charge in [-0.25, -0.2) is 9.69 Å². The maximum atomic E-state index is 13.1. The number of ether oxygens (including phenoxy) is 1. The molecule has 1 saturated heterocycles. The maximum Gasteiger partial charge on any atom is 0.335 e. The van der Waals surface area contributed by atoms with Gasteiger partial charge in [-0.05, 0) is 71.3 Å². The lowest BCUT2D eigenvalue weighted by Crippen LogP contribution is -2.54. The van der Waals surface area contributed by atoms with E-state index in [9.17, 15) is 14.4 Å². The molecule has 0 atom stereocenters. The Morgan fingerprint density at radius 3 is 2.49 bits per heavy atom. The van der Waals surface area contributed by atoms with Crippen molar-refractivity contribution in [3.05, 3.63) is 111 Å². The second-order valence-electron chi connectivity index (χ2n) is 8.49. The first-order valence-corrected chi connectivity index (χ1v) is 12.6. The Bertz CT molecular complexity index is 1600. The van der Waals surface area contributed by atoms with E-state index in [0.717, 1.165) is 31.3 Å². The van der Waals surface area contributed by atoms with E-state index in [1.807, 2.05) is 19.1 Å². The molecule has 1 aliphatic heterocycles. The van der Waals surface area contributed by atoms with Crippen LogP contribution >= 0.6 is 27.5 Å². The largest absolute Gasteiger partial charge is 0.487 e. The number of carbonyl (C=O) groups is 3. The Kier molecular flexibility index (Phi) is 6.82. The zero-order valence-corrected chi connectivity index (χ0v) is 22.0. The van der Waals surface area contributed by atoms with Gasteiger partial charge in [-0.15, -0.1) is 0 Å². The first kappa shape index (κ1) is 24.7. The van der Waals surface area contributed by atoms with Crippen LogP contribution in [-0.2, 0) is 16.2 Å². The number of rotatable bonds is 5. The molecule has 0 radical (unpaired) electrons. The Hall–Kier alpha value is -3.94. The first-order chi connectivity index (χ1) is 17.8. The second kappa shape index (κ2) is 10.2. The summed E-state index contributed by atoms with van der Waals surface area (Å²) < 4.78 is 6.83. The minimum atomic E-state index is -0.806. The van der Waals surface area contributed by atoms with Gasteiger partial charge in [0.05, 0.1) is 10.7 Å². The van der Waals surface area contributed by atoms with Gasteiger partial charge < -0.3 is 4.74 Å². The molecule has 8 heteroatoms. The molecule has 0 aromatic heterocycles. The van der Waals surface area contributed by atoms with E-state index in [1.54, 1.807) is 42.5 Å². The lowest BCUT2D eigenvalue weighted by molar-refractivity contribution is -0.122. The van der Waals surface area contributed by atoms with Gasteiger partial charge in [0.25, 0.3) is 11.8 Å². The van der Waals surface area contributed by atoms with Crippen LogP contribution in [-0.4, -0.2) is 17.8 Å². The SMILES string of the molecule is Cc1ccc2ccccc2c1COc1ccc(/C=C2\C(=O)NC(=O)N(c3ccc(Br)cc3)C2=O)cc1Cl. The average Bonchev–Trinajstić information content (AvgIpc) is 2.88. The van der Waals surface area contributed by atoms with Gasteiger partial charge in [-0.3, -0.25) is 14.9 Å². The first-order valence-electron chi connectivity index (χ1n) is 11.4. The summed E-state index contributed by atoms with van der Waals surface area (Å²) in [5.41, 5.74) is 2.86. The number of halogens is 2. The highest BCUT2D eigenvalue weighted by Gasteiger charge is 2.36. The number of barbiturate groups is 1. The van der Waals surface area contributed by atoms with Crippen molar-refractivity contribution in [2.75, 3.05) is 4.90 Å². The Morgan fingerprint density at radius 1 is 0.973 bits per heavy atom. The molecule has 1 N–H and O–H groups in total. The molecular formula is C29H20BrClN2O4. The van der Waals surface area contributed by atoms with Gasteiger partial charge >= 0.3 is 6.03 Å². The molecule has 1 fully saturated rings. The van der Waals surface area contributed by atoms with Crippen LogP contribution in [0.25, 0.3) is 16.8 Å². The summed E-state index contributed by atoms with van der Waals surface area (Å²) in [7, 11) is 0. The van der Waals surface area contributed by atoms with Crippen molar-refractivity contribution >= 4 is 67.9 Å². The number of benzene rings is 4. The fourth-order valence-electron chi connectivity index (χ4n) is 4.16. The number of nitrogens with zero attached hydrogens (tertiary/aromatic N) is 1. The molecule has 184 valence electrons. The zero-order valence-electron chi connectivity index (χ0n) is 19.6. The summed E-state index contributed by atoms with van der Waals surface area (Å²) >= 11 is 9.82. The van der Waals surface area contributed by atoms with Gasteiger partial charge in [0.1, 0.15) is 17.9 Å². The van der Waals surface area contributed by atoms with Gasteiger partial charge in [0.2, 0.25) is 0 Å². The van der Waals surface area contributed by atoms with E-state index in [-0.39, 0.29) is 5.57 Å². The van der Waals surface area contributed by atoms with Gasteiger partial charge in [0, 0.05) is 10.0 Å². The van der Waals surface area contributed by atoms with Crippen molar-refractivity contribution in [3.8, 4) is 5.75 Å². The minimum absolute atomic E-state index is 0.182. The topological polar surface area (TPSA) is 75.7 Å². The van der Waals surface area contributed by atoms with Crippen molar-refractivity contribution < 1.29 is 19.1 Å². The van der Waals surface area contributed by atoms with Crippen LogP contribution in [0.4, 0.5) is 10.5 Å². The molecule has 4 aromatic rings. The van der Waals surface area contributed by atoms with Crippen LogP contribution in [0.1, 0.15) is 16.7 Å². The van der Waals surface area contributed by atoms with E-state index < -0.39 is 17.8 Å². The van der Waals surface area contributed by atoms with Gasteiger partial charge in [-0.1, -0.05) is 70.0 Å². The number of fused-ring (bicyclic) bond motifs is 1. The molecule has 4 amide bonds. The van der Waals surface area contributed by atoms with Crippen LogP contribution < -0.4 is 15.0 Å². The molecule has 6 nitrogen and oxygen atoms in total. The predicted molar refractivity (Wildman–Crippen MR) is 148 cm³/mol. The molecule has 1 heterocycles. The number of carbonyl (C=O) groups excluding carboxylic acids is 3. The normalized spacial score (nSPS) is 14.8. The highest BCUT2D eigenvalue weighted by atomic mass is 79.9. The quantitative estimate of drug-likeness (QED) is 0.210. The monoisotopic (exact) mass is 574 g/mol. The molecule has 1 aliphatic rings. The van der Waals surface area contributed by atoms with Crippen LogP contribution in [0, 0.1) is 6.92 Å². The summed E-state index contributed by atoms with van der Waals surface area (Å²) in [6.07, 6.45) is 1.40. The van der Waals surface area contributed by atoms with Crippen LogP contribution in [0.15, 0.2) is 88.9 Å². The van der Waals surface area contributed by atoms with Crippen LogP contribution in [0.5, 0.6) is 5.75 Å². The van der Waals surface area contributed by atoms with Gasteiger partial charge in [0.15, 0.2) is 0 Å². The summed E-state index contributed by atoms with van der Waals surface area (Å²) in [6, 6.07) is 23.1. The van der Waals surface area contributed by atoms with Crippen molar-refractivity contribution in [1.82, 2.24) is 5.32 Å². The molecule has 0 unspecified atom stereocenters. The number of anilines is 1. The third-order valence-electron chi connectivity index (χ3n) is 6.10. The minimum Gasteiger partial charge on any atom is -0.487 e. The van der Waals surface area contributed by atoms with Crippen molar-refractivity contribution in [1.29, 1.82) is 0 Å². The molecular weight excluding hydrogens is 556 g/mol. The summed E-state index contributed by atoms with van der Waals surface area (Å²) in [4.78, 5) is 38.9. The average molecular weight is 576 g/mol. The molecule has 0 bridgehead atoms. The second-order valence-corrected chi connectivity index (χ2v) is 9.82. The van der Waals surface area contributed by atoms with E-state index in [1.165, 1.54) is 6.08 Å². The smallest absolute Gasteiger partial charge is 0.335 e. The van der Waals surface area contributed by atoms with E-state index in [2.05, 4.69) is 45.5 Å².